The molecular weight excluding hydrogens is 384 g/mol. The minimum Gasteiger partial charge on any atom is -0.485 e. The molecule has 4 rings (SSSR count). The lowest BCUT2D eigenvalue weighted by Gasteiger charge is -2.29. The van der Waals surface area contributed by atoms with Crippen LogP contribution in [0.15, 0.2) is 72.8 Å². The molecule has 0 aliphatic carbocycles. The Morgan fingerprint density at radius 1 is 0.933 bits per heavy atom. The van der Waals surface area contributed by atoms with Crippen LogP contribution in [0.1, 0.15) is 28.9 Å². The molecule has 0 spiro atoms. The summed E-state index contributed by atoms with van der Waals surface area (Å²) in [6.45, 7) is 0.393. The van der Waals surface area contributed by atoms with E-state index in [0.29, 0.717) is 35.0 Å². The number of hydrogen-bond acceptors (Lipinski definition) is 6. The fraction of sp³-hybridized carbons (Fsp3) is 0.208. The highest BCUT2D eigenvalue weighted by Gasteiger charge is 2.36. The van der Waals surface area contributed by atoms with Crippen LogP contribution in [0.5, 0.6) is 17.2 Å². The lowest BCUT2D eigenvalue weighted by molar-refractivity contribution is -0.137. The minimum atomic E-state index is -1.24. The molecule has 2 unspecified atom stereocenters. The third-order valence-corrected chi connectivity index (χ3v) is 4.83. The zero-order chi connectivity index (χ0) is 20.9. The predicted molar refractivity (Wildman–Crippen MR) is 109 cm³/mol. The normalized spacial score (nSPS) is 17.7. The molecule has 6 heteroatoms. The van der Waals surface area contributed by atoms with Crippen molar-refractivity contribution in [3.05, 3.63) is 89.5 Å². The van der Waals surface area contributed by atoms with E-state index in [0.717, 1.165) is 5.56 Å². The number of methoxy groups -OCH3 is 1. The molecule has 154 valence electrons. The van der Waals surface area contributed by atoms with E-state index in [1.165, 1.54) is 7.11 Å². The van der Waals surface area contributed by atoms with Crippen molar-refractivity contribution in [2.45, 2.75) is 18.8 Å². The Kier molecular flexibility index (Phi) is 5.97. The van der Waals surface area contributed by atoms with Crippen molar-refractivity contribution in [3.8, 4) is 17.2 Å². The van der Waals surface area contributed by atoms with Gasteiger partial charge in [0.05, 0.1) is 0 Å². The number of Topliss-reactive ketones (excluding diaryl/α,β-unsaturated/α-hetero) is 1. The Hall–Kier alpha value is -3.35. The highest BCUT2D eigenvalue weighted by molar-refractivity contribution is 5.91. The number of para-hydroxylation sites is 1. The van der Waals surface area contributed by atoms with E-state index in [1.54, 1.807) is 42.5 Å². The van der Waals surface area contributed by atoms with Gasteiger partial charge in [0.25, 0.3) is 0 Å². The summed E-state index contributed by atoms with van der Waals surface area (Å²) in [4.78, 5) is 12.7. The number of aliphatic hydroxyl groups is 1. The molecule has 6 nitrogen and oxygen atoms in total. The summed E-state index contributed by atoms with van der Waals surface area (Å²) in [7, 11) is 1.52. The van der Waals surface area contributed by atoms with Gasteiger partial charge in [0, 0.05) is 18.2 Å². The fourth-order valence-electron chi connectivity index (χ4n) is 3.31. The lowest BCUT2D eigenvalue weighted by Crippen LogP contribution is -2.30. The maximum absolute atomic E-state index is 12.7. The van der Waals surface area contributed by atoms with Gasteiger partial charge in [-0.2, -0.15) is 0 Å². The summed E-state index contributed by atoms with van der Waals surface area (Å²) in [5.41, 5.74) is 2.05. The number of hydrogen-bond donors (Lipinski definition) is 1. The minimum absolute atomic E-state index is 0.0239. The molecule has 3 aromatic carbocycles. The highest BCUT2D eigenvalue weighted by atomic mass is 16.7. The van der Waals surface area contributed by atoms with E-state index < -0.39 is 18.0 Å². The Morgan fingerprint density at radius 2 is 1.70 bits per heavy atom. The number of carbonyl (C=O) groups excluding carboxylic acids is 1. The first-order chi connectivity index (χ1) is 14.7. The van der Waals surface area contributed by atoms with Gasteiger partial charge in [-0.15, -0.1) is 0 Å². The van der Waals surface area contributed by atoms with Crippen LogP contribution in [0, 0.1) is 0 Å². The molecule has 0 aromatic heterocycles. The molecule has 0 saturated heterocycles. The average molecular weight is 406 g/mol. The van der Waals surface area contributed by atoms with Crippen molar-refractivity contribution < 1.29 is 28.8 Å². The van der Waals surface area contributed by atoms with Crippen LogP contribution in [0.2, 0.25) is 0 Å². The summed E-state index contributed by atoms with van der Waals surface area (Å²) in [6, 6.07) is 21.9. The zero-order valence-electron chi connectivity index (χ0n) is 16.5. The van der Waals surface area contributed by atoms with Crippen molar-refractivity contribution in [2.24, 2.45) is 0 Å². The quantitative estimate of drug-likeness (QED) is 0.598. The van der Waals surface area contributed by atoms with Crippen molar-refractivity contribution in [2.75, 3.05) is 13.9 Å². The largest absolute Gasteiger partial charge is 0.485 e. The number of rotatable bonds is 7. The van der Waals surface area contributed by atoms with Crippen LogP contribution >= 0.6 is 0 Å². The van der Waals surface area contributed by atoms with E-state index in [-0.39, 0.29) is 6.79 Å². The molecule has 3 aromatic rings. The summed E-state index contributed by atoms with van der Waals surface area (Å²) in [5, 5.41) is 10.4. The summed E-state index contributed by atoms with van der Waals surface area (Å²) in [6.07, 6.45) is -2.18. The second kappa shape index (κ2) is 8.98. The Balaban J connectivity index is 1.60. The second-order valence-corrected chi connectivity index (χ2v) is 6.87. The first kappa shape index (κ1) is 19.9. The molecule has 1 aliphatic heterocycles. The number of aliphatic hydroxyl groups excluding tert-OH is 1. The Bertz CT molecular complexity index is 1020. The van der Waals surface area contributed by atoms with Gasteiger partial charge in [0.1, 0.15) is 18.5 Å². The zero-order valence-corrected chi connectivity index (χ0v) is 16.5. The maximum Gasteiger partial charge on any atom is 0.210 e. The van der Waals surface area contributed by atoms with E-state index in [2.05, 4.69) is 0 Å². The Morgan fingerprint density at radius 3 is 2.50 bits per heavy atom. The van der Waals surface area contributed by atoms with E-state index in [4.69, 9.17) is 18.9 Å². The maximum atomic E-state index is 12.7. The lowest BCUT2D eigenvalue weighted by atomic mass is 9.93. The van der Waals surface area contributed by atoms with E-state index in [1.807, 2.05) is 30.3 Å². The molecule has 30 heavy (non-hydrogen) atoms. The molecular formula is C24H22O6. The molecule has 0 saturated carbocycles. The monoisotopic (exact) mass is 406 g/mol. The average Bonchev–Trinajstić information content (AvgIpc) is 2.79. The van der Waals surface area contributed by atoms with Gasteiger partial charge in [0.15, 0.2) is 24.4 Å². The van der Waals surface area contributed by atoms with Crippen molar-refractivity contribution in [1.82, 2.24) is 0 Å². The molecule has 0 radical (unpaired) electrons. The number of ketones is 1. The number of fused-ring (bicyclic) bond motifs is 1. The first-order valence-electron chi connectivity index (χ1n) is 9.57. The second-order valence-electron chi connectivity index (χ2n) is 6.87. The summed E-state index contributed by atoms with van der Waals surface area (Å²) >= 11 is 0. The number of ether oxygens (including phenoxy) is 4. The van der Waals surface area contributed by atoms with Gasteiger partial charge in [0.2, 0.25) is 5.78 Å². The molecule has 0 fully saturated rings. The third-order valence-electron chi connectivity index (χ3n) is 4.83. The molecule has 0 bridgehead atoms. The van der Waals surface area contributed by atoms with Crippen LogP contribution in [-0.2, 0) is 16.1 Å². The van der Waals surface area contributed by atoms with Crippen LogP contribution in [0.3, 0.4) is 0 Å². The fourth-order valence-corrected chi connectivity index (χ4v) is 3.31. The molecule has 1 aliphatic rings. The summed E-state index contributed by atoms with van der Waals surface area (Å²) in [5.74, 6) is 1.00. The number of benzene rings is 3. The third kappa shape index (κ3) is 4.15. The Labute approximate surface area is 174 Å². The smallest absolute Gasteiger partial charge is 0.210 e. The number of carbonyl (C=O) groups is 1. The van der Waals surface area contributed by atoms with Gasteiger partial charge < -0.3 is 24.1 Å². The topological polar surface area (TPSA) is 74.2 Å². The van der Waals surface area contributed by atoms with Gasteiger partial charge in [-0.3, -0.25) is 4.79 Å². The van der Waals surface area contributed by atoms with Gasteiger partial charge in [-0.25, -0.2) is 0 Å². The van der Waals surface area contributed by atoms with Crippen molar-refractivity contribution in [1.29, 1.82) is 0 Å². The van der Waals surface area contributed by atoms with Gasteiger partial charge in [-0.05, 0) is 23.8 Å². The van der Waals surface area contributed by atoms with Crippen molar-refractivity contribution >= 4 is 5.78 Å². The SMILES string of the molecule is COCOc1cc(C2Oc3ccccc3C(O)C2=O)ccc1OCc1ccccc1. The van der Waals surface area contributed by atoms with Crippen LogP contribution in [0.4, 0.5) is 0 Å². The molecule has 1 heterocycles. The predicted octanol–water partition coefficient (Wildman–Crippen LogP) is 3.98. The molecule has 2 atom stereocenters. The summed E-state index contributed by atoms with van der Waals surface area (Å²) < 4.78 is 22.5. The molecule has 1 N–H and O–H groups in total. The first-order valence-corrected chi connectivity index (χ1v) is 9.57. The molecule has 0 amide bonds. The van der Waals surface area contributed by atoms with Gasteiger partial charge >= 0.3 is 0 Å². The van der Waals surface area contributed by atoms with Gasteiger partial charge in [-0.1, -0.05) is 54.6 Å². The van der Waals surface area contributed by atoms with E-state index in [9.17, 15) is 9.90 Å². The van der Waals surface area contributed by atoms with Crippen LogP contribution in [0.25, 0.3) is 0 Å². The standard InChI is InChI=1S/C24H22O6/c1-27-15-29-21-13-17(11-12-20(21)28-14-16-7-3-2-4-8-16)24-23(26)22(25)18-9-5-6-10-19(18)30-24/h2-13,22,24-25H,14-15H2,1H3. The van der Waals surface area contributed by atoms with Crippen LogP contribution in [-0.4, -0.2) is 24.8 Å². The van der Waals surface area contributed by atoms with Crippen LogP contribution < -0.4 is 14.2 Å². The van der Waals surface area contributed by atoms with E-state index >= 15 is 0 Å². The van der Waals surface area contributed by atoms with Crippen molar-refractivity contribution in [3.63, 3.8) is 0 Å². The highest BCUT2D eigenvalue weighted by Crippen LogP contribution is 2.40.